The topological polar surface area (TPSA) is 59.1 Å². The van der Waals surface area contributed by atoms with Gasteiger partial charge in [0.05, 0.1) is 6.10 Å². The van der Waals surface area contributed by atoms with Crippen molar-refractivity contribution < 1.29 is 4.74 Å². The van der Waals surface area contributed by atoms with Crippen LogP contribution in [-0.4, -0.2) is 34.8 Å². The summed E-state index contributed by atoms with van der Waals surface area (Å²) < 4.78 is 5.55. The van der Waals surface area contributed by atoms with Crippen LogP contribution in [0.1, 0.15) is 33.6 Å². The Morgan fingerprint density at radius 3 is 2.94 bits per heavy atom. The van der Waals surface area contributed by atoms with Crippen molar-refractivity contribution in [1.29, 1.82) is 0 Å². The molecule has 5 heteroatoms. The lowest BCUT2D eigenvalue weighted by Crippen LogP contribution is -2.27. The van der Waals surface area contributed by atoms with Gasteiger partial charge in [-0.05, 0) is 39.7 Å². The zero-order chi connectivity index (χ0) is 13.0. The molecule has 0 aromatic carbocycles. The largest absolute Gasteiger partial charge is 0.376 e. The van der Waals surface area contributed by atoms with E-state index in [-0.39, 0.29) is 5.54 Å². The predicted molar refractivity (Wildman–Crippen MR) is 72.9 cm³/mol. The van der Waals surface area contributed by atoms with Crippen molar-refractivity contribution in [3.63, 3.8) is 0 Å². The van der Waals surface area contributed by atoms with Crippen LogP contribution in [0.2, 0.25) is 0 Å². The molecule has 1 aliphatic heterocycles. The van der Waals surface area contributed by atoms with Crippen LogP contribution in [0.25, 0.3) is 0 Å². The van der Waals surface area contributed by atoms with Crippen molar-refractivity contribution in [2.45, 2.75) is 45.3 Å². The molecule has 100 valence electrons. The molecule has 1 aromatic heterocycles. The first-order chi connectivity index (χ1) is 8.53. The molecule has 0 aliphatic carbocycles. The van der Waals surface area contributed by atoms with Crippen molar-refractivity contribution in [3.8, 4) is 0 Å². The van der Waals surface area contributed by atoms with Crippen LogP contribution in [0.3, 0.4) is 0 Å². The number of nitrogens with one attached hydrogen (secondary N) is 2. The van der Waals surface area contributed by atoms with E-state index in [9.17, 15) is 0 Å². The Morgan fingerprint density at radius 1 is 1.44 bits per heavy atom. The molecule has 0 saturated carbocycles. The van der Waals surface area contributed by atoms with E-state index in [0.717, 1.165) is 31.8 Å². The van der Waals surface area contributed by atoms with Crippen LogP contribution in [0, 0.1) is 0 Å². The van der Waals surface area contributed by atoms with Gasteiger partial charge in [-0.25, -0.2) is 4.98 Å². The van der Waals surface area contributed by atoms with E-state index in [2.05, 4.69) is 41.4 Å². The van der Waals surface area contributed by atoms with Gasteiger partial charge in [-0.2, -0.15) is 4.98 Å². The minimum absolute atomic E-state index is 0.000185. The highest BCUT2D eigenvalue weighted by Gasteiger charge is 2.15. The second-order valence-corrected chi connectivity index (χ2v) is 5.66. The van der Waals surface area contributed by atoms with Gasteiger partial charge in [0.2, 0.25) is 5.95 Å². The van der Waals surface area contributed by atoms with Gasteiger partial charge in [0, 0.05) is 24.9 Å². The monoisotopic (exact) mass is 250 g/mol. The summed E-state index contributed by atoms with van der Waals surface area (Å²) in [7, 11) is 0. The second-order valence-electron chi connectivity index (χ2n) is 5.66. The van der Waals surface area contributed by atoms with E-state index >= 15 is 0 Å². The van der Waals surface area contributed by atoms with Crippen LogP contribution < -0.4 is 10.6 Å². The number of rotatable bonds is 4. The molecule has 0 spiro atoms. The summed E-state index contributed by atoms with van der Waals surface area (Å²) in [5, 5.41) is 6.55. The van der Waals surface area contributed by atoms with Crippen molar-refractivity contribution in [3.05, 3.63) is 12.3 Å². The Balaban J connectivity index is 1.90. The van der Waals surface area contributed by atoms with E-state index in [1.165, 1.54) is 0 Å². The lowest BCUT2D eigenvalue weighted by Gasteiger charge is -2.21. The standard InChI is InChI=1S/C13H22N4O/c1-13(2,3)17-11-6-7-14-12(16-11)15-9-10-5-4-8-18-10/h6-7,10H,4-5,8-9H2,1-3H3,(H2,14,15,16,17). The third-order valence-electron chi connectivity index (χ3n) is 2.67. The maximum Gasteiger partial charge on any atom is 0.224 e. The van der Waals surface area contributed by atoms with Gasteiger partial charge in [-0.1, -0.05) is 0 Å². The van der Waals surface area contributed by atoms with Crippen molar-refractivity contribution >= 4 is 11.8 Å². The lowest BCUT2D eigenvalue weighted by molar-refractivity contribution is 0.120. The highest BCUT2D eigenvalue weighted by molar-refractivity contribution is 5.41. The van der Waals surface area contributed by atoms with Crippen molar-refractivity contribution in [1.82, 2.24) is 9.97 Å². The Morgan fingerprint density at radius 2 is 2.28 bits per heavy atom. The minimum atomic E-state index is 0.000185. The molecule has 2 rings (SSSR count). The van der Waals surface area contributed by atoms with Gasteiger partial charge in [-0.15, -0.1) is 0 Å². The van der Waals surface area contributed by atoms with Crippen LogP contribution in [0.4, 0.5) is 11.8 Å². The minimum Gasteiger partial charge on any atom is -0.376 e. The molecule has 0 radical (unpaired) electrons. The Kier molecular flexibility index (Phi) is 4.01. The van der Waals surface area contributed by atoms with E-state index in [1.807, 2.05) is 6.07 Å². The third kappa shape index (κ3) is 4.14. The predicted octanol–water partition coefficient (Wildman–Crippen LogP) is 2.28. The van der Waals surface area contributed by atoms with Crippen molar-refractivity contribution in [2.24, 2.45) is 0 Å². The third-order valence-corrected chi connectivity index (χ3v) is 2.67. The molecule has 1 aromatic rings. The van der Waals surface area contributed by atoms with E-state index in [4.69, 9.17) is 4.74 Å². The van der Waals surface area contributed by atoms with Crippen LogP contribution in [-0.2, 0) is 4.74 Å². The number of hydrogen-bond acceptors (Lipinski definition) is 5. The maximum absolute atomic E-state index is 5.55. The van der Waals surface area contributed by atoms with Crippen LogP contribution >= 0.6 is 0 Å². The molecule has 18 heavy (non-hydrogen) atoms. The molecule has 1 saturated heterocycles. The molecule has 2 N–H and O–H groups in total. The zero-order valence-corrected chi connectivity index (χ0v) is 11.4. The fourth-order valence-corrected chi connectivity index (χ4v) is 1.91. The van der Waals surface area contributed by atoms with Gasteiger partial charge in [-0.3, -0.25) is 0 Å². The number of anilines is 2. The molecule has 0 amide bonds. The van der Waals surface area contributed by atoms with E-state index in [1.54, 1.807) is 6.20 Å². The maximum atomic E-state index is 5.55. The second kappa shape index (κ2) is 5.52. The van der Waals surface area contributed by atoms with Crippen LogP contribution in [0.5, 0.6) is 0 Å². The van der Waals surface area contributed by atoms with Gasteiger partial charge >= 0.3 is 0 Å². The lowest BCUT2D eigenvalue weighted by atomic mass is 10.1. The Labute approximate surface area is 108 Å². The molecule has 1 aliphatic rings. The van der Waals surface area contributed by atoms with Crippen molar-refractivity contribution in [2.75, 3.05) is 23.8 Å². The molecule has 5 nitrogen and oxygen atoms in total. The Hall–Kier alpha value is -1.36. The fourth-order valence-electron chi connectivity index (χ4n) is 1.91. The normalized spacial score (nSPS) is 19.8. The summed E-state index contributed by atoms with van der Waals surface area (Å²) >= 11 is 0. The summed E-state index contributed by atoms with van der Waals surface area (Å²) in [6.07, 6.45) is 4.33. The van der Waals surface area contributed by atoms with E-state index < -0.39 is 0 Å². The smallest absolute Gasteiger partial charge is 0.224 e. The quantitative estimate of drug-likeness (QED) is 0.858. The number of aromatic nitrogens is 2. The summed E-state index contributed by atoms with van der Waals surface area (Å²) in [6, 6.07) is 1.88. The first-order valence-corrected chi connectivity index (χ1v) is 6.50. The van der Waals surface area contributed by atoms with Gasteiger partial charge < -0.3 is 15.4 Å². The number of nitrogens with zero attached hydrogens (tertiary/aromatic N) is 2. The highest BCUT2D eigenvalue weighted by atomic mass is 16.5. The van der Waals surface area contributed by atoms with Gasteiger partial charge in [0.15, 0.2) is 0 Å². The molecule has 1 unspecified atom stereocenters. The summed E-state index contributed by atoms with van der Waals surface area (Å²) in [5.74, 6) is 1.49. The average molecular weight is 250 g/mol. The highest BCUT2D eigenvalue weighted by Crippen LogP contribution is 2.14. The molecule has 0 bridgehead atoms. The summed E-state index contributed by atoms with van der Waals surface area (Å²) in [6.45, 7) is 7.97. The van der Waals surface area contributed by atoms with Gasteiger partial charge in [0.25, 0.3) is 0 Å². The first-order valence-electron chi connectivity index (χ1n) is 6.50. The van der Waals surface area contributed by atoms with Crippen LogP contribution in [0.15, 0.2) is 12.3 Å². The molecular formula is C13H22N4O. The molecular weight excluding hydrogens is 228 g/mol. The zero-order valence-electron chi connectivity index (χ0n) is 11.4. The SMILES string of the molecule is CC(C)(C)Nc1ccnc(NCC2CCCO2)n1. The van der Waals surface area contributed by atoms with Gasteiger partial charge in [0.1, 0.15) is 5.82 Å². The molecule has 2 heterocycles. The first kappa shape index (κ1) is 13.1. The fraction of sp³-hybridized carbons (Fsp3) is 0.692. The number of hydrogen-bond donors (Lipinski definition) is 2. The van der Waals surface area contributed by atoms with E-state index in [0.29, 0.717) is 12.1 Å². The molecule has 1 fully saturated rings. The average Bonchev–Trinajstić information content (AvgIpc) is 2.77. The Bertz CT molecular complexity index is 383. The summed E-state index contributed by atoms with van der Waals surface area (Å²) in [5.41, 5.74) is 0.000185. The summed E-state index contributed by atoms with van der Waals surface area (Å²) in [4.78, 5) is 8.64. The molecule has 1 atom stereocenters. The number of ether oxygens (including phenoxy) is 1.